The molecule has 130 valence electrons. The van der Waals surface area contributed by atoms with Crippen molar-refractivity contribution in [3.05, 3.63) is 35.4 Å². The predicted molar refractivity (Wildman–Crippen MR) is 92.7 cm³/mol. The Morgan fingerprint density at radius 2 is 1.54 bits per heavy atom. The molecule has 1 aromatic rings. The molecule has 5 heteroatoms. The Morgan fingerprint density at radius 3 is 1.96 bits per heavy atom. The van der Waals surface area contributed by atoms with Gasteiger partial charge in [-0.2, -0.15) is 0 Å². The fourth-order valence-electron chi connectivity index (χ4n) is 3.06. The molecule has 1 aliphatic heterocycles. The number of rotatable bonds is 7. The third-order valence-corrected chi connectivity index (χ3v) is 4.47. The zero-order valence-corrected chi connectivity index (χ0v) is 14.8. The average Bonchev–Trinajstić information content (AvgIpc) is 2.82. The van der Waals surface area contributed by atoms with Crippen molar-refractivity contribution >= 4 is 17.7 Å². The SMILES string of the molecule is CCC(CC)NC(=O)[C@H](CC(C)C)N1C(=O)c2ccccc2C1=O. The summed E-state index contributed by atoms with van der Waals surface area (Å²) in [6, 6.07) is 6.03. The van der Waals surface area contributed by atoms with Gasteiger partial charge in [-0.05, 0) is 37.3 Å². The Morgan fingerprint density at radius 1 is 1.04 bits per heavy atom. The van der Waals surface area contributed by atoms with Gasteiger partial charge in [0.15, 0.2) is 0 Å². The zero-order valence-electron chi connectivity index (χ0n) is 14.8. The summed E-state index contributed by atoms with van der Waals surface area (Å²) in [5.41, 5.74) is 0.762. The van der Waals surface area contributed by atoms with E-state index in [1.807, 2.05) is 27.7 Å². The van der Waals surface area contributed by atoms with Gasteiger partial charge in [0, 0.05) is 6.04 Å². The van der Waals surface area contributed by atoms with Crippen molar-refractivity contribution in [3.8, 4) is 0 Å². The molecule has 0 unspecified atom stereocenters. The minimum atomic E-state index is -0.766. The zero-order chi connectivity index (χ0) is 17.9. The van der Waals surface area contributed by atoms with Crippen LogP contribution in [-0.4, -0.2) is 34.7 Å². The van der Waals surface area contributed by atoms with Crippen molar-refractivity contribution in [2.24, 2.45) is 5.92 Å². The van der Waals surface area contributed by atoms with Crippen molar-refractivity contribution < 1.29 is 14.4 Å². The molecule has 1 heterocycles. The van der Waals surface area contributed by atoms with Crippen LogP contribution in [0.2, 0.25) is 0 Å². The molecule has 0 bridgehead atoms. The van der Waals surface area contributed by atoms with Gasteiger partial charge in [0.2, 0.25) is 5.91 Å². The van der Waals surface area contributed by atoms with Crippen molar-refractivity contribution in [3.63, 3.8) is 0 Å². The van der Waals surface area contributed by atoms with Gasteiger partial charge in [-0.1, -0.05) is 39.8 Å². The van der Waals surface area contributed by atoms with Crippen LogP contribution < -0.4 is 5.32 Å². The quantitative estimate of drug-likeness (QED) is 0.782. The predicted octanol–water partition coefficient (Wildman–Crippen LogP) is 3.00. The van der Waals surface area contributed by atoms with Crippen LogP contribution in [0.5, 0.6) is 0 Å². The van der Waals surface area contributed by atoms with Gasteiger partial charge in [0.25, 0.3) is 11.8 Å². The minimum absolute atomic E-state index is 0.0577. The molecule has 3 amide bonds. The summed E-state index contributed by atoms with van der Waals surface area (Å²) in [6.07, 6.45) is 2.09. The summed E-state index contributed by atoms with van der Waals surface area (Å²) in [4.78, 5) is 39.3. The number of nitrogens with zero attached hydrogens (tertiary/aromatic N) is 1. The van der Waals surface area contributed by atoms with E-state index in [0.29, 0.717) is 17.5 Å². The maximum Gasteiger partial charge on any atom is 0.262 e. The summed E-state index contributed by atoms with van der Waals surface area (Å²) in [6.45, 7) is 7.98. The highest BCUT2D eigenvalue weighted by Gasteiger charge is 2.42. The molecule has 1 aliphatic rings. The molecule has 0 radical (unpaired) electrons. The molecular formula is C19H26N2O3. The topological polar surface area (TPSA) is 66.5 Å². The van der Waals surface area contributed by atoms with Crippen molar-refractivity contribution in [2.75, 3.05) is 0 Å². The van der Waals surface area contributed by atoms with Gasteiger partial charge in [-0.3, -0.25) is 19.3 Å². The van der Waals surface area contributed by atoms with Crippen LogP contribution >= 0.6 is 0 Å². The fraction of sp³-hybridized carbons (Fsp3) is 0.526. The molecule has 0 saturated heterocycles. The second-order valence-electron chi connectivity index (χ2n) is 6.69. The van der Waals surface area contributed by atoms with E-state index in [1.54, 1.807) is 24.3 Å². The van der Waals surface area contributed by atoms with Gasteiger partial charge >= 0.3 is 0 Å². The smallest absolute Gasteiger partial charge is 0.262 e. The number of carbonyl (C=O) groups is 3. The second-order valence-corrected chi connectivity index (χ2v) is 6.69. The molecule has 0 spiro atoms. The number of hydrogen-bond acceptors (Lipinski definition) is 3. The molecule has 0 aromatic heterocycles. The van der Waals surface area contributed by atoms with E-state index >= 15 is 0 Å². The first-order valence-corrected chi connectivity index (χ1v) is 8.67. The standard InChI is InChI=1S/C19H26N2O3/c1-5-13(6-2)20-17(22)16(11-12(3)4)21-18(23)14-9-7-8-10-15(14)19(21)24/h7-10,12-13,16H,5-6,11H2,1-4H3,(H,20,22)/t16-/m0/s1. The van der Waals surface area contributed by atoms with Crippen LogP contribution in [0.15, 0.2) is 24.3 Å². The molecule has 2 rings (SSSR count). The molecule has 1 atom stereocenters. The largest absolute Gasteiger partial charge is 0.352 e. The lowest BCUT2D eigenvalue weighted by atomic mass is 10.0. The lowest BCUT2D eigenvalue weighted by Gasteiger charge is -2.28. The van der Waals surface area contributed by atoms with E-state index in [4.69, 9.17) is 0 Å². The number of carbonyl (C=O) groups excluding carboxylic acids is 3. The number of fused-ring (bicyclic) bond motifs is 1. The van der Waals surface area contributed by atoms with E-state index in [-0.39, 0.29) is 29.7 Å². The Kier molecular flexibility index (Phi) is 5.75. The van der Waals surface area contributed by atoms with E-state index in [9.17, 15) is 14.4 Å². The molecule has 0 aliphatic carbocycles. The highest BCUT2D eigenvalue weighted by Crippen LogP contribution is 2.27. The fourth-order valence-corrected chi connectivity index (χ4v) is 3.06. The average molecular weight is 330 g/mol. The molecule has 1 aromatic carbocycles. The summed E-state index contributed by atoms with van der Waals surface area (Å²) in [5, 5.41) is 2.98. The van der Waals surface area contributed by atoms with Gasteiger partial charge in [0.05, 0.1) is 11.1 Å². The summed E-state index contributed by atoms with van der Waals surface area (Å²) in [5.74, 6) is -0.805. The molecule has 1 N–H and O–H groups in total. The number of hydrogen-bond donors (Lipinski definition) is 1. The van der Waals surface area contributed by atoms with Crippen LogP contribution in [-0.2, 0) is 4.79 Å². The molecular weight excluding hydrogens is 304 g/mol. The number of amides is 3. The Bertz CT molecular complexity index is 600. The van der Waals surface area contributed by atoms with Crippen LogP contribution in [0.25, 0.3) is 0 Å². The summed E-state index contributed by atoms with van der Waals surface area (Å²) >= 11 is 0. The van der Waals surface area contributed by atoms with Crippen LogP contribution in [0.3, 0.4) is 0 Å². The lowest BCUT2D eigenvalue weighted by molar-refractivity contribution is -0.126. The summed E-state index contributed by atoms with van der Waals surface area (Å²) in [7, 11) is 0. The van der Waals surface area contributed by atoms with Crippen LogP contribution in [0, 0.1) is 5.92 Å². The van der Waals surface area contributed by atoms with Gasteiger partial charge in [0.1, 0.15) is 6.04 Å². The van der Waals surface area contributed by atoms with Crippen molar-refractivity contribution in [1.82, 2.24) is 10.2 Å². The normalized spacial score (nSPS) is 15.2. The highest BCUT2D eigenvalue weighted by atomic mass is 16.2. The maximum atomic E-state index is 12.8. The van der Waals surface area contributed by atoms with Gasteiger partial charge in [-0.15, -0.1) is 0 Å². The number of nitrogens with one attached hydrogen (secondary N) is 1. The van der Waals surface area contributed by atoms with E-state index in [0.717, 1.165) is 17.7 Å². The first kappa shape index (κ1) is 18.2. The van der Waals surface area contributed by atoms with Gasteiger partial charge in [-0.25, -0.2) is 0 Å². The lowest BCUT2D eigenvalue weighted by Crippen LogP contribution is -2.52. The minimum Gasteiger partial charge on any atom is -0.352 e. The first-order chi connectivity index (χ1) is 11.4. The van der Waals surface area contributed by atoms with E-state index in [1.165, 1.54) is 0 Å². The monoisotopic (exact) mass is 330 g/mol. The van der Waals surface area contributed by atoms with E-state index < -0.39 is 6.04 Å². The second kappa shape index (κ2) is 7.60. The maximum absolute atomic E-state index is 12.8. The van der Waals surface area contributed by atoms with Gasteiger partial charge < -0.3 is 5.32 Å². The van der Waals surface area contributed by atoms with Crippen molar-refractivity contribution in [2.45, 2.75) is 59.0 Å². The van der Waals surface area contributed by atoms with Crippen LogP contribution in [0.4, 0.5) is 0 Å². The number of imide groups is 1. The highest BCUT2D eigenvalue weighted by molar-refractivity contribution is 6.22. The Labute approximate surface area is 143 Å². The third-order valence-electron chi connectivity index (χ3n) is 4.47. The Hall–Kier alpha value is -2.17. The first-order valence-electron chi connectivity index (χ1n) is 8.67. The molecule has 0 fully saturated rings. The molecule has 24 heavy (non-hydrogen) atoms. The van der Waals surface area contributed by atoms with Crippen LogP contribution in [0.1, 0.15) is 67.7 Å². The third kappa shape index (κ3) is 3.50. The summed E-state index contributed by atoms with van der Waals surface area (Å²) < 4.78 is 0. The van der Waals surface area contributed by atoms with E-state index in [2.05, 4.69) is 5.32 Å². The Balaban J connectivity index is 2.30. The van der Waals surface area contributed by atoms with Crippen molar-refractivity contribution in [1.29, 1.82) is 0 Å². The molecule has 5 nitrogen and oxygen atoms in total. The number of benzene rings is 1. The molecule has 0 saturated carbocycles.